The van der Waals surface area contributed by atoms with E-state index in [0.29, 0.717) is 0 Å². The van der Waals surface area contributed by atoms with Crippen LogP contribution in [0.1, 0.15) is 33.1 Å². The molecule has 0 amide bonds. The van der Waals surface area contributed by atoms with E-state index in [0.717, 1.165) is 6.42 Å². The van der Waals surface area contributed by atoms with E-state index >= 15 is 0 Å². The minimum absolute atomic E-state index is 1.12. The van der Waals surface area contributed by atoms with Crippen LogP contribution in [0.25, 0.3) is 0 Å². The van der Waals surface area contributed by atoms with E-state index in [9.17, 15) is 0 Å². The molecule has 0 spiro atoms. The molecular weight excluding hydrogens is 120 g/mol. The van der Waals surface area contributed by atoms with Crippen LogP contribution in [-0.4, -0.2) is 0 Å². The molecule has 0 aromatic rings. The monoisotopic (exact) mass is 136 g/mol. The molecular formula is C10H16. The van der Waals surface area contributed by atoms with E-state index in [-0.39, 0.29) is 0 Å². The Balaban J connectivity index is 3.84. The molecule has 56 valence electrons. The largest absolute Gasteiger partial charge is 0.122 e. The lowest BCUT2D eigenvalue weighted by Gasteiger charge is -1.93. The number of hydrogen-bond acceptors (Lipinski definition) is 0. The van der Waals surface area contributed by atoms with Crippen molar-refractivity contribution in [3.8, 4) is 0 Å². The Bertz CT molecular complexity index is 145. The summed E-state index contributed by atoms with van der Waals surface area (Å²) in [6, 6.07) is 0. The fraction of sp³-hybridized carbons (Fsp3) is 0.500. The first-order chi connectivity index (χ1) is 4.85. The summed E-state index contributed by atoms with van der Waals surface area (Å²) in [6.07, 6.45) is 7.41. The van der Waals surface area contributed by atoms with Gasteiger partial charge in [0, 0.05) is 0 Å². The van der Waals surface area contributed by atoms with Gasteiger partial charge in [0.15, 0.2) is 0 Å². The van der Waals surface area contributed by atoms with Crippen LogP contribution in [0.15, 0.2) is 30.0 Å². The number of rotatable bonds is 4. The molecule has 0 atom stereocenters. The minimum atomic E-state index is 1.12. The highest BCUT2D eigenvalue weighted by Gasteiger charge is 1.87. The second kappa shape index (κ2) is 6.38. The second-order valence-corrected chi connectivity index (χ2v) is 2.27. The Labute approximate surface area is 64.0 Å². The van der Waals surface area contributed by atoms with Crippen LogP contribution >= 0.6 is 0 Å². The van der Waals surface area contributed by atoms with Gasteiger partial charge in [0.2, 0.25) is 0 Å². The molecule has 0 heterocycles. The molecule has 0 aromatic heterocycles. The third-order valence-electron chi connectivity index (χ3n) is 1.38. The van der Waals surface area contributed by atoms with Crippen molar-refractivity contribution in [3.63, 3.8) is 0 Å². The van der Waals surface area contributed by atoms with Gasteiger partial charge in [0.25, 0.3) is 0 Å². The van der Waals surface area contributed by atoms with Gasteiger partial charge in [0.1, 0.15) is 0 Å². The van der Waals surface area contributed by atoms with Crippen LogP contribution in [0, 0.1) is 0 Å². The summed E-state index contributed by atoms with van der Waals surface area (Å²) in [5.74, 6) is 0. The fourth-order valence-electron chi connectivity index (χ4n) is 0.786. The predicted octanol–water partition coefficient (Wildman–Crippen LogP) is 3.46. The topological polar surface area (TPSA) is 0 Å². The summed E-state index contributed by atoms with van der Waals surface area (Å²) in [6.45, 7) is 7.89. The van der Waals surface area contributed by atoms with Crippen molar-refractivity contribution in [2.24, 2.45) is 0 Å². The molecule has 0 aliphatic heterocycles. The van der Waals surface area contributed by atoms with Crippen molar-refractivity contribution < 1.29 is 0 Å². The molecule has 0 saturated carbocycles. The first-order valence-corrected chi connectivity index (χ1v) is 3.87. The maximum atomic E-state index is 3.71. The lowest BCUT2D eigenvalue weighted by Crippen LogP contribution is -1.75. The number of hydrogen-bond donors (Lipinski definition) is 0. The molecule has 0 aromatic carbocycles. The molecule has 0 heteroatoms. The predicted molar refractivity (Wildman–Crippen MR) is 47.0 cm³/mol. The van der Waals surface area contributed by atoms with Crippen molar-refractivity contribution >= 4 is 0 Å². The SMILES string of the molecule is C=CC(=C=CC)CCCC. The number of unbranched alkanes of at least 4 members (excludes halogenated alkanes) is 1. The van der Waals surface area contributed by atoms with Crippen molar-refractivity contribution in [1.82, 2.24) is 0 Å². The Morgan fingerprint density at radius 1 is 1.60 bits per heavy atom. The molecule has 0 N–H and O–H groups in total. The summed E-state index contributed by atoms with van der Waals surface area (Å²) in [7, 11) is 0. The summed E-state index contributed by atoms with van der Waals surface area (Å²) < 4.78 is 0. The van der Waals surface area contributed by atoms with Gasteiger partial charge in [-0.25, -0.2) is 0 Å². The summed E-state index contributed by atoms with van der Waals surface area (Å²) in [4.78, 5) is 0. The number of allylic oxidation sites excluding steroid dienone is 2. The highest BCUT2D eigenvalue weighted by molar-refractivity contribution is 5.14. The quantitative estimate of drug-likeness (QED) is 0.410. The van der Waals surface area contributed by atoms with E-state index < -0.39 is 0 Å². The van der Waals surface area contributed by atoms with Crippen molar-refractivity contribution in [3.05, 3.63) is 30.0 Å². The molecule has 0 bridgehead atoms. The Kier molecular flexibility index (Phi) is 5.91. The molecule has 0 unspecified atom stereocenters. The third-order valence-corrected chi connectivity index (χ3v) is 1.38. The average molecular weight is 136 g/mol. The first kappa shape index (κ1) is 9.26. The Morgan fingerprint density at radius 3 is 2.70 bits per heavy atom. The van der Waals surface area contributed by atoms with Crippen molar-refractivity contribution in [2.45, 2.75) is 33.1 Å². The molecule has 0 rings (SSSR count). The average Bonchev–Trinajstić information content (AvgIpc) is 1.98. The van der Waals surface area contributed by atoms with Gasteiger partial charge in [0.05, 0.1) is 0 Å². The van der Waals surface area contributed by atoms with E-state index in [1.165, 1.54) is 18.4 Å². The van der Waals surface area contributed by atoms with E-state index in [1.54, 1.807) is 0 Å². The molecule has 0 saturated heterocycles. The summed E-state index contributed by atoms with van der Waals surface area (Å²) >= 11 is 0. The molecule has 0 radical (unpaired) electrons. The molecule has 0 nitrogen and oxygen atoms in total. The lowest BCUT2D eigenvalue weighted by molar-refractivity contribution is 0.799. The maximum Gasteiger partial charge on any atom is -0.00697 e. The molecule has 0 aliphatic carbocycles. The van der Waals surface area contributed by atoms with Gasteiger partial charge in [-0.05, 0) is 31.4 Å². The van der Waals surface area contributed by atoms with E-state index in [2.05, 4.69) is 19.2 Å². The highest BCUT2D eigenvalue weighted by Crippen LogP contribution is 2.05. The molecule has 0 aliphatic rings. The highest BCUT2D eigenvalue weighted by atomic mass is 13.9. The zero-order valence-electron chi connectivity index (χ0n) is 6.98. The van der Waals surface area contributed by atoms with Crippen LogP contribution in [0.4, 0.5) is 0 Å². The second-order valence-electron chi connectivity index (χ2n) is 2.27. The van der Waals surface area contributed by atoms with Crippen molar-refractivity contribution in [2.75, 3.05) is 0 Å². The van der Waals surface area contributed by atoms with Gasteiger partial charge in [-0.2, -0.15) is 0 Å². The fourth-order valence-corrected chi connectivity index (χ4v) is 0.786. The van der Waals surface area contributed by atoms with Crippen LogP contribution in [0.3, 0.4) is 0 Å². The zero-order chi connectivity index (χ0) is 7.82. The van der Waals surface area contributed by atoms with E-state index in [1.807, 2.05) is 19.1 Å². The van der Waals surface area contributed by atoms with Crippen LogP contribution < -0.4 is 0 Å². The third kappa shape index (κ3) is 4.17. The van der Waals surface area contributed by atoms with Crippen LogP contribution in [0.5, 0.6) is 0 Å². The summed E-state index contributed by atoms with van der Waals surface area (Å²) in [5.41, 5.74) is 4.37. The van der Waals surface area contributed by atoms with Crippen LogP contribution in [0.2, 0.25) is 0 Å². The maximum absolute atomic E-state index is 3.71. The Hall–Kier alpha value is -0.740. The van der Waals surface area contributed by atoms with Gasteiger partial charge < -0.3 is 0 Å². The molecule has 0 fully saturated rings. The first-order valence-electron chi connectivity index (χ1n) is 3.87. The van der Waals surface area contributed by atoms with Crippen LogP contribution in [-0.2, 0) is 0 Å². The van der Waals surface area contributed by atoms with Crippen molar-refractivity contribution in [1.29, 1.82) is 0 Å². The normalized spacial score (nSPS) is 8.20. The minimum Gasteiger partial charge on any atom is -0.122 e. The van der Waals surface area contributed by atoms with E-state index in [4.69, 9.17) is 0 Å². The van der Waals surface area contributed by atoms with Gasteiger partial charge in [-0.15, -0.1) is 5.73 Å². The summed E-state index contributed by atoms with van der Waals surface area (Å²) in [5, 5.41) is 0. The van der Waals surface area contributed by atoms with Gasteiger partial charge in [-0.3, -0.25) is 0 Å². The zero-order valence-corrected chi connectivity index (χ0v) is 6.98. The lowest BCUT2D eigenvalue weighted by atomic mass is 10.1. The van der Waals surface area contributed by atoms with Gasteiger partial charge in [-0.1, -0.05) is 26.0 Å². The smallest absolute Gasteiger partial charge is 0.00697 e. The molecule has 10 heavy (non-hydrogen) atoms. The Morgan fingerprint density at radius 2 is 2.30 bits per heavy atom. The standard InChI is InChI=1S/C10H16/c1-4-7-9-10(6-3)8-5-2/h5-6H,3-4,7,9H2,1-2H3. The van der Waals surface area contributed by atoms with Gasteiger partial charge >= 0.3 is 0 Å².